The molecular formula is C7HF10. The first-order chi connectivity index (χ1) is 7.21. The van der Waals surface area contributed by atoms with E-state index in [2.05, 4.69) is 0 Å². The first kappa shape index (κ1) is 14.1. The SMILES string of the molecule is FC(F)(F)C1(F)C(F)(F)[C]=CC(F)(F)C1(F)F. The van der Waals surface area contributed by atoms with Gasteiger partial charge in [-0.05, 0) is 0 Å². The molecule has 0 aliphatic heterocycles. The average molecular weight is 275 g/mol. The van der Waals surface area contributed by atoms with Crippen molar-refractivity contribution in [3.05, 3.63) is 12.2 Å². The van der Waals surface area contributed by atoms with Gasteiger partial charge in [0.05, 0.1) is 0 Å². The van der Waals surface area contributed by atoms with Crippen LogP contribution >= 0.6 is 0 Å². The van der Waals surface area contributed by atoms with Crippen LogP contribution in [0, 0.1) is 6.08 Å². The van der Waals surface area contributed by atoms with Gasteiger partial charge < -0.3 is 0 Å². The summed E-state index contributed by atoms with van der Waals surface area (Å²) in [6.45, 7) is 0. The lowest BCUT2D eigenvalue weighted by molar-refractivity contribution is -0.394. The molecule has 0 amide bonds. The number of halogens is 10. The molecule has 1 radical (unpaired) electrons. The maximum Gasteiger partial charge on any atom is 0.435 e. The lowest BCUT2D eigenvalue weighted by Gasteiger charge is -2.43. The van der Waals surface area contributed by atoms with Crippen molar-refractivity contribution in [3.63, 3.8) is 0 Å². The minimum atomic E-state index is -6.90. The van der Waals surface area contributed by atoms with Crippen molar-refractivity contribution in [3.8, 4) is 0 Å². The van der Waals surface area contributed by atoms with Crippen molar-refractivity contribution in [1.82, 2.24) is 0 Å². The van der Waals surface area contributed by atoms with Crippen molar-refractivity contribution in [2.45, 2.75) is 29.6 Å². The number of alkyl halides is 10. The molecule has 99 valence electrons. The molecule has 0 aromatic heterocycles. The van der Waals surface area contributed by atoms with E-state index in [1.807, 2.05) is 0 Å². The summed E-state index contributed by atoms with van der Waals surface area (Å²) < 4.78 is 124. The molecule has 0 saturated carbocycles. The fourth-order valence-electron chi connectivity index (χ4n) is 1.15. The van der Waals surface area contributed by atoms with E-state index in [-0.39, 0.29) is 6.08 Å². The summed E-state index contributed by atoms with van der Waals surface area (Å²) >= 11 is 0. The molecule has 0 heterocycles. The molecule has 1 aliphatic rings. The first-order valence-corrected chi connectivity index (χ1v) is 3.72. The summed E-state index contributed by atoms with van der Waals surface area (Å²) in [4.78, 5) is 0. The summed E-state index contributed by atoms with van der Waals surface area (Å²) in [7, 11) is 0. The van der Waals surface area contributed by atoms with Crippen LogP contribution in [0.15, 0.2) is 6.08 Å². The van der Waals surface area contributed by atoms with E-state index in [1.54, 1.807) is 0 Å². The molecule has 0 N–H and O–H groups in total. The Hall–Kier alpha value is -0.960. The standard InChI is InChI=1S/C7HF10/c8-3(9)1-2-4(10,11)6(13,14)5(3,12)7(15,16)17/h2H. The molecule has 17 heavy (non-hydrogen) atoms. The molecule has 0 spiro atoms. The van der Waals surface area contributed by atoms with Gasteiger partial charge in [-0.15, -0.1) is 0 Å². The molecule has 0 bridgehead atoms. The van der Waals surface area contributed by atoms with Gasteiger partial charge in [0.2, 0.25) is 0 Å². The van der Waals surface area contributed by atoms with Gasteiger partial charge in [0, 0.05) is 12.2 Å². The van der Waals surface area contributed by atoms with Crippen molar-refractivity contribution in [2.75, 3.05) is 0 Å². The highest BCUT2D eigenvalue weighted by Crippen LogP contribution is 2.61. The Labute approximate surface area is 86.9 Å². The minimum absolute atomic E-state index is 0.0181. The summed E-state index contributed by atoms with van der Waals surface area (Å²) in [6, 6.07) is 0. The van der Waals surface area contributed by atoms with Crippen LogP contribution in [-0.2, 0) is 0 Å². The number of allylic oxidation sites excluding steroid dienone is 2. The highest BCUT2D eigenvalue weighted by molar-refractivity contribution is 5.25. The van der Waals surface area contributed by atoms with Crippen LogP contribution in [0.1, 0.15) is 0 Å². The van der Waals surface area contributed by atoms with E-state index in [0.29, 0.717) is 0 Å². The second-order valence-electron chi connectivity index (χ2n) is 3.22. The third-order valence-electron chi connectivity index (χ3n) is 2.11. The Morgan fingerprint density at radius 2 is 1.24 bits per heavy atom. The highest BCUT2D eigenvalue weighted by atomic mass is 19.4. The molecule has 1 unspecified atom stereocenters. The zero-order chi connectivity index (χ0) is 13.9. The van der Waals surface area contributed by atoms with E-state index in [1.165, 1.54) is 0 Å². The molecule has 1 rings (SSSR count). The van der Waals surface area contributed by atoms with E-state index < -0.39 is 35.7 Å². The molecule has 1 atom stereocenters. The zero-order valence-electron chi connectivity index (χ0n) is 7.36. The summed E-state index contributed by atoms with van der Waals surface area (Å²) in [5.74, 6) is -18.3. The van der Waals surface area contributed by atoms with Crippen molar-refractivity contribution < 1.29 is 43.9 Å². The van der Waals surface area contributed by atoms with Gasteiger partial charge in [-0.2, -0.15) is 39.5 Å². The lowest BCUT2D eigenvalue weighted by atomic mass is 9.81. The molecule has 10 heteroatoms. The predicted molar refractivity (Wildman–Crippen MR) is 32.5 cm³/mol. The summed E-state index contributed by atoms with van der Waals surface area (Å²) in [6.07, 6.45) is -8.15. The maximum absolute atomic E-state index is 12.9. The van der Waals surface area contributed by atoms with E-state index >= 15 is 0 Å². The lowest BCUT2D eigenvalue weighted by Crippen LogP contribution is -2.72. The maximum atomic E-state index is 12.9. The molecule has 0 aromatic carbocycles. The van der Waals surface area contributed by atoms with Crippen LogP contribution in [0.3, 0.4) is 0 Å². The number of hydrogen-bond acceptors (Lipinski definition) is 0. The Morgan fingerprint density at radius 1 is 0.824 bits per heavy atom. The molecule has 0 saturated heterocycles. The predicted octanol–water partition coefficient (Wildman–Crippen LogP) is 3.54. The summed E-state index contributed by atoms with van der Waals surface area (Å²) in [5, 5.41) is 0. The number of hydrogen-bond donors (Lipinski definition) is 0. The minimum Gasteiger partial charge on any atom is -0.219 e. The van der Waals surface area contributed by atoms with Crippen LogP contribution in [0.25, 0.3) is 0 Å². The number of rotatable bonds is 0. The fourth-order valence-corrected chi connectivity index (χ4v) is 1.15. The van der Waals surface area contributed by atoms with Gasteiger partial charge in [-0.25, -0.2) is 4.39 Å². The van der Waals surface area contributed by atoms with Gasteiger partial charge in [0.15, 0.2) is 0 Å². The zero-order valence-corrected chi connectivity index (χ0v) is 7.36. The van der Waals surface area contributed by atoms with Crippen molar-refractivity contribution in [1.29, 1.82) is 0 Å². The third-order valence-corrected chi connectivity index (χ3v) is 2.11. The summed E-state index contributed by atoms with van der Waals surface area (Å²) in [5.41, 5.74) is -6.72. The largest absolute Gasteiger partial charge is 0.435 e. The van der Waals surface area contributed by atoms with Gasteiger partial charge in [0.25, 0.3) is 0 Å². The van der Waals surface area contributed by atoms with Gasteiger partial charge in [0.1, 0.15) is 0 Å². The van der Waals surface area contributed by atoms with Gasteiger partial charge in [-0.3, -0.25) is 0 Å². The van der Waals surface area contributed by atoms with Crippen molar-refractivity contribution in [2.24, 2.45) is 0 Å². The van der Waals surface area contributed by atoms with Gasteiger partial charge in [-0.1, -0.05) is 0 Å². The molecule has 1 aliphatic carbocycles. The van der Waals surface area contributed by atoms with E-state index in [4.69, 9.17) is 0 Å². The van der Waals surface area contributed by atoms with Crippen LogP contribution < -0.4 is 0 Å². The second kappa shape index (κ2) is 3.08. The molecule has 0 fully saturated rings. The monoisotopic (exact) mass is 275 g/mol. The van der Waals surface area contributed by atoms with Crippen LogP contribution in [0.4, 0.5) is 43.9 Å². The Morgan fingerprint density at radius 3 is 1.53 bits per heavy atom. The van der Waals surface area contributed by atoms with Crippen molar-refractivity contribution >= 4 is 0 Å². The Balaban J connectivity index is 3.60. The highest BCUT2D eigenvalue weighted by Gasteiger charge is 2.89. The van der Waals surface area contributed by atoms with Crippen LogP contribution in [0.2, 0.25) is 0 Å². The first-order valence-electron chi connectivity index (χ1n) is 3.72. The normalized spacial score (nSPS) is 34.7. The molecule has 0 nitrogen and oxygen atoms in total. The van der Waals surface area contributed by atoms with Crippen LogP contribution in [0.5, 0.6) is 0 Å². The van der Waals surface area contributed by atoms with Gasteiger partial charge >= 0.3 is 29.6 Å². The molecule has 0 aromatic rings. The quantitative estimate of drug-likeness (QED) is 0.593. The third kappa shape index (κ3) is 1.45. The van der Waals surface area contributed by atoms with Crippen LogP contribution in [-0.4, -0.2) is 29.6 Å². The average Bonchev–Trinajstić information content (AvgIpc) is 2.09. The Bertz CT molecular complexity index is 350. The molecular weight excluding hydrogens is 274 g/mol. The second-order valence-corrected chi connectivity index (χ2v) is 3.22. The van der Waals surface area contributed by atoms with E-state index in [0.717, 1.165) is 0 Å². The smallest absolute Gasteiger partial charge is 0.219 e. The van der Waals surface area contributed by atoms with E-state index in [9.17, 15) is 43.9 Å². The topological polar surface area (TPSA) is 0 Å². The fraction of sp³-hybridized carbons (Fsp3) is 0.714. The Kier molecular flexibility index (Phi) is 2.55.